The van der Waals surface area contributed by atoms with Gasteiger partial charge in [0, 0.05) is 26.2 Å². The SMILES string of the molecule is C=CCNC(C)N=NN(C)CCC(Nc1c(F)cccc1Cl)/C(=C/C)CC. The van der Waals surface area contributed by atoms with Gasteiger partial charge in [0.25, 0.3) is 0 Å². The van der Waals surface area contributed by atoms with Gasteiger partial charge in [-0.15, -0.1) is 6.58 Å². The van der Waals surface area contributed by atoms with Crippen LogP contribution in [0.4, 0.5) is 10.1 Å². The van der Waals surface area contributed by atoms with Crippen LogP contribution in [-0.2, 0) is 0 Å². The largest absolute Gasteiger partial charge is 0.375 e. The third-order valence-corrected chi connectivity index (χ3v) is 4.50. The normalized spacial score (nSPS) is 14.2. The second-order valence-corrected chi connectivity index (χ2v) is 6.67. The minimum absolute atomic E-state index is 0.0386. The minimum Gasteiger partial charge on any atom is -0.375 e. The van der Waals surface area contributed by atoms with Gasteiger partial charge < -0.3 is 5.32 Å². The van der Waals surface area contributed by atoms with Crippen LogP contribution in [0.25, 0.3) is 0 Å². The van der Waals surface area contributed by atoms with Gasteiger partial charge in [0.15, 0.2) is 0 Å². The maximum atomic E-state index is 14.2. The summed E-state index contributed by atoms with van der Waals surface area (Å²) in [5, 5.41) is 17.0. The van der Waals surface area contributed by atoms with Crippen LogP contribution in [-0.4, -0.2) is 37.4 Å². The molecule has 0 radical (unpaired) electrons. The van der Waals surface area contributed by atoms with E-state index in [1.54, 1.807) is 23.2 Å². The van der Waals surface area contributed by atoms with E-state index in [4.69, 9.17) is 11.6 Å². The molecular weight excluding hydrogens is 365 g/mol. The van der Waals surface area contributed by atoms with Gasteiger partial charge in [-0.05, 0) is 38.8 Å². The molecule has 0 spiro atoms. The van der Waals surface area contributed by atoms with E-state index in [-0.39, 0.29) is 18.0 Å². The Kier molecular flexibility index (Phi) is 10.7. The molecule has 5 nitrogen and oxygen atoms in total. The number of hydrogen-bond acceptors (Lipinski definition) is 4. The zero-order valence-corrected chi connectivity index (χ0v) is 17.4. The molecule has 0 heterocycles. The van der Waals surface area contributed by atoms with Crippen molar-refractivity contribution in [3.05, 3.63) is 53.3 Å². The van der Waals surface area contributed by atoms with Gasteiger partial charge in [-0.25, -0.2) is 4.39 Å². The monoisotopic (exact) mass is 395 g/mol. The predicted molar refractivity (Wildman–Crippen MR) is 113 cm³/mol. The van der Waals surface area contributed by atoms with E-state index in [0.717, 1.165) is 12.8 Å². The molecule has 1 rings (SSSR count). The first-order valence-corrected chi connectivity index (χ1v) is 9.62. The smallest absolute Gasteiger partial charge is 0.147 e. The number of hydrogen-bond donors (Lipinski definition) is 2. The van der Waals surface area contributed by atoms with Crippen molar-refractivity contribution in [3.63, 3.8) is 0 Å². The molecule has 0 bridgehead atoms. The quantitative estimate of drug-likeness (QED) is 0.282. The fraction of sp³-hybridized carbons (Fsp3) is 0.500. The third-order valence-electron chi connectivity index (χ3n) is 4.18. The Labute approximate surface area is 167 Å². The van der Waals surface area contributed by atoms with E-state index in [1.807, 2.05) is 20.9 Å². The molecule has 0 aliphatic rings. The Morgan fingerprint density at radius 1 is 1.44 bits per heavy atom. The lowest BCUT2D eigenvalue weighted by Gasteiger charge is -2.25. The van der Waals surface area contributed by atoms with Crippen molar-refractivity contribution in [2.45, 2.75) is 45.8 Å². The van der Waals surface area contributed by atoms with Gasteiger partial charge in [-0.1, -0.05) is 47.5 Å². The van der Waals surface area contributed by atoms with E-state index in [9.17, 15) is 4.39 Å². The van der Waals surface area contributed by atoms with Crippen molar-refractivity contribution in [1.82, 2.24) is 10.3 Å². The second kappa shape index (κ2) is 12.5. The molecule has 27 heavy (non-hydrogen) atoms. The molecule has 2 atom stereocenters. The third kappa shape index (κ3) is 8.10. The molecule has 0 aromatic heterocycles. The molecule has 0 saturated carbocycles. The number of nitrogens with one attached hydrogen (secondary N) is 2. The Bertz CT molecular complexity index is 627. The molecule has 0 saturated heterocycles. The van der Waals surface area contributed by atoms with Crippen LogP contribution in [0.5, 0.6) is 0 Å². The maximum absolute atomic E-state index is 14.2. The number of para-hydroxylation sites is 1. The lowest BCUT2D eigenvalue weighted by atomic mass is 10.0. The fourth-order valence-corrected chi connectivity index (χ4v) is 2.85. The molecular formula is C20H31ClFN5. The lowest BCUT2D eigenvalue weighted by Crippen LogP contribution is -2.28. The first-order valence-electron chi connectivity index (χ1n) is 9.24. The Hall–Kier alpha value is -1.92. The van der Waals surface area contributed by atoms with Crippen LogP contribution in [0.15, 0.2) is 52.8 Å². The van der Waals surface area contributed by atoms with Crippen LogP contribution in [0.2, 0.25) is 5.02 Å². The van der Waals surface area contributed by atoms with Gasteiger partial charge in [0.1, 0.15) is 12.0 Å². The molecule has 7 heteroatoms. The Balaban J connectivity index is 2.76. The first kappa shape index (κ1) is 23.1. The summed E-state index contributed by atoms with van der Waals surface area (Å²) in [4.78, 5) is 0. The number of nitrogens with zero attached hydrogens (tertiary/aromatic N) is 3. The average Bonchev–Trinajstić information content (AvgIpc) is 2.65. The molecule has 0 aliphatic carbocycles. The van der Waals surface area contributed by atoms with Crippen LogP contribution in [0.1, 0.15) is 33.6 Å². The molecule has 1 aromatic rings. The van der Waals surface area contributed by atoms with E-state index < -0.39 is 0 Å². The number of rotatable bonds is 12. The topological polar surface area (TPSA) is 52.0 Å². The van der Waals surface area contributed by atoms with Crippen molar-refractivity contribution in [3.8, 4) is 0 Å². The summed E-state index contributed by atoms with van der Waals surface area (Å²) >= 11 is 6.17. The van der Waals surface area contributed by atoms with E-state index in [1.165, 1.54) is 11.6 Å². The molecule has 0 amide bonds. The summed E-state index contributed by atoms with van der Waals surface area (Å²) in [6.07, 6.45) is 5.37. The average molecular weight is 396 g/mol. The molecule has 2 unspecified atom stereocenters. The Morgan fingerprint density at radius 2 is 2.19 bits per heavy atom. The highest BCUT2D eigenvalue weighted by molar-refractivity contribution is 6.33. The lowest BCUT2D eigenvalue weighted by molar-refractivity contribution is 0.306. The van der Waals surface area contributed by atoms with E-state index >= 15 is 0 Å². The summed E-state index contributed by atoms with van der Waals surface area (Å²) in [6, 6.07) is 4.65. The van der Waals surface area contributed by atoms with Gasteiger partial charge in [-0.3, -0.25) is 10.3 Å². The van der Waals surface area contributed by atoms with Gasteiger partial charge in [-0.2, -0.15) is 5.11 Å². The highest BCUT2D eigenvalue weighted by atomic mass is 35.5. The van der Waals surface area contributed by atoms with Crippen molar-refractivity contribution >= 4 is 17.3 Å². The zero-order valence-electron chi connectivity index (χ0n) is 16.7. The van der Waals surface area contributed by atoms with E-state index in [0.29, 0.717) is 23.8 Å². The molecule has 2 N–H and O–H groups in total. The predicted octanol–water partition coefficient (Wildman–Crippen LogP) is 5.43. The van der Waals surface area contributed by atoms with Gasteiger partial charge in [0.2, 0.25) is 0 Å². The van der Waals surface area contributed by atoms with Crippen molar-refractivity contribution < 1.29 is 4.39 Å². The first-order chi connectivity index (χ1) is 12.9. The van der Waals surface area contributed by atoms with Crippen molar-refractivity contribution in [1.29, 1.82) is 0 Å². The number of halogens is 2. The summed E-state index contributed by atoms with van der Waals surface area (Å²) < 4.78 is 14.2. The molecule has 0 aliphatic heterocycles. The number of allylic oxidation sites excluding steroid dienone is 1. The van der Waals surface area contributed by atoms with Gasteiger partial charge >= 0.3 is 0 Å². The molecule has 0 fully saturated rings. The maximum Gasteiger partial charge on any atom is 0.147 e. The number of anilines is 1. The zero-order chi connectivity index (χ0) is 20.2. The summed E-state index contributed by atoms with van der Waals surface area (Å²) in [5.74, 6) is -0.353. The summed E-state index contributed by atoms with van der Waals surface area (Å²) in [7, 11) is 1.87. The van der Waals surface area contributed by atoms with E-state index in [2.05, 4.69) is 40.5 Å². The standard InChI is InChI=1S/C20H31ClFN5/c1-6-13-23-15(4)25-26-27(5)14-12-19(16(7-2)8-3)24-20-17(21)10-9-11-18(20)22/h6-7,9-11,15,19,23-24H,1,8,12-14H2,2-5H3/b16-7+,26-25?. The van der Waals surface area contributed by atoms with Gasteiger partial charge in [0.05, 0.1) is 10.7 Å². The van der Waals surface area contributed by atoms with Crippen molar-refractivity contribution in [2.75, 3.05) is 25.5 Å². The number of benzene rings is 1. The fourth-order valence-electron chi connectivity index (χ4n) is 2.63. The highest BCUT2D eigenvalue weighted by Gasteiger charge is 2.17. The van der Waals surface area contributed by atoms with Crippen LogP contribution in [0, 0.1) is 5.82 Å². The summed E-state index contributed by atoms with van der Waals surface area (Å²) in [5.41, 5.74) is 1.53. The van der Waals surface area contributed by atoms with Crippen LogP contribution in [0.3, 0.4) is 0 Å². The van der Waals surface area contributed by atoms with Crippen molar-refractivity contribution in [2.24, 2.45) is 10.3 Å². The van der Waals surface area contributed by atoms with Crippen LogP contribution < -0.4 is 10.6 Å². The molecule has 1 aromatic carbocycles. The molecule has 150 valence electrons. The Morgan fingerprint density at radius 3 is 2.78 bits per heavy atom. The van der Waals surface area contributed by atoms with Crippen LogP contribution >= 0.6 is 11.6 Å². The highest BCUT2D eigenvalue weighted by Crippen LogP contribution is 2.27. The summed E-state index contributed by atoms with van der Waals surface area (Å²) in [6.45, 7) is 11.0. The minimum atomic E-state index is -0.353. The second-order valence-electron chi connectivity index (χ2n) is 6.26.